The molecular weight excluding hydrogens is 396 g/mol. The minimum atomic E-state index is -3.79. The molecule has 0 aromatic heterocycles. The van der Waals surface area contributed by atoms with Crippen molar-refractivity contribution in [3.05, 3.63) is 53.6 Å². The zero-order valence-electron chi connectivity index (χ0n) is 15.9. The molecule has 29 heavy (non-hydrogen) atoms. The van der Waals surface area contributed by atoms with Gasteiger partial charge in [0.1, 0.15) is 10.6 Å². The third-order valence-corrected chi connectivity index (χ3v) is 6.67. The van der Waals surface area contributed by atoms with Crippen LogP contribution >= 0.6 is 0 Å². The molecule has 1 amide bonds. The van der Waals surface area contributed by atoms with Gasteiger partial charge in [-0.05, 0) is 55.3 Å². The average Bonchev–Trinajstić information content (AvgIpc) is 2.74. The summed E-state index contributed by atoms with van der Waals surface area (Å²) in [5, 5.41) is 11.6. The highest BCUT2D eigenvalue weighted by Crippen LogP contribution is 2.30. The monoisotopic (exact) mass is 418 g/mol. The highest BCUT2D eigenvalue weighted by atomic mass is 32.2. The molecule has 1 fully saturated rings. The Labute approximate surface area is 169 Å². The molecule has 1 saturated heterocycles. The van der Waals surface area contributed by atoms with E-state index < -0.39 is 21.9 Å². The Morgan fingerprint density at radius 3 is 2.21 bits per heavy atom. The Hall–Kier alpha value is -2.91. The summed E-state index contributed by atoms with van der Waals surface area (Å²) in [6, 6.07) is 9.93. The molecule has 0 atom stereocenters. The Balaban J connectivity index is 1.87. The van der Waals surface area contributed by atoms with Crippen LogP contribution in [0.25, 0.3) is 0 Å². The number of rotatable bonds is 6. The summed E-state index contributed by atoms with van der Waals surface area (Å²) in [6.07, 6.45) is 2.59. The van der Waals surface area contributed by atoms with Crippen molar-refractivity contribution in [3.8, 4) is 5.75 Å². The van der Waals surface area contributed by atoms with Crippen LogP contribution in [0.3, 0.4) is 0 Å². The largest absolute Gasteiger partial charge is 0.495 e. The number of carbonyl (C=O) groups is 2. The van der Waals surface area contributed by atoms with E-state index in [-0.39, 0.29) is 21.8 Å². The number of benzene rings is 2. The number of sulfonamides is 1. The number of hydrogen-bond donors (Lipinski definition) is 2. The normalized spacial score (nSPS) is 14.9. The molecule has 8 nitrogen and oxygen atoms in total. The molecule has 1 aliphatic heterocycles. The van der Waals surface area contributed by atoms with Gasteiger partial charge in [0.15, 0.2) is 0 Å². The first-order chi connectivity index (χ1) is 13.8. The number of aromatic carboxylic acids is 1. The minimum absolute atomic E-state index is 0.0456. The van der Waals surface area contributed by atoms with Crippen LogP contribution in [0.5, 0.6) is 5.75 Å². The van der Waals surface area contributed by atoms with Crippen molar-refractivity contribution in [2.75, 3.05) is 25.5 Å². The molecule has 0 unspecified atom stereocenters. The summed E-state index contributed by atoms with van der Waals surface area (Å²) < 4.78 is 32.8. The van der Waals surface area contributed by atoms with Crippen molar-refractivity contribution in [1.29, 1.82) is 0 Å². The van der Waals surface area contributed by atoms with Gasteiger partial charge in [0.25, 0.3) is 5.91 Å². The van der Waals surface area contributed by atoms with Gasteiger partial charge in [0.05, 0.1) is 12.7 Å². The molecule has 0 saturated carbocycles. The van der Waals surface area contributed by atoms with Gasteiger partial charge in [0, 0.05) is 24.3 Å². The van der Waals surface area contributed by atoms with Crippen LogP contribution in [0.15, 0.2) is 47.4 Å². The van der Waals surface area contributed by atoms with Crippen molar-refractivity contribution in [2.24, 2.45) is 0 Å². The summed E-state index contributed by atoms with van der Waals surface area (Å²) in [7, 11) is -2.40. The second-order valence-corrected chi connectivity index (χ2v) is 8.57. The van der Waals surface area contributed by atoms with Gasteiger partial charge in [-0.2, -0.15) is 4.31 Å². The van der Waals surface area contributed by atoms with Crippen molar-refractivity contribution in [3.63, 3.8) is 0 Å². The average molecular weight is 418 g/mol. The lowest BCUT2D eigenvalue weighted by molar-refractivity contribution is 0.0696. The Morgan fingerprint density at radius 2 is 1.62 bits per heavy atom. The standard InChI is InChI=1S/C20H22N2O6S/c1-28-17-10-7-15(13-18(17)29(26,27)22-11-3-2-4-12-22)19(23)21-16-8-5-14(6-9-16)20(24)25/h5-10,13H,2-4,11-12H2,1H3,(H,21,23)(H,24,25). The van der Waals surface area contributed by atoms with Crippen LogP contribution in [0.1, 0.15) is 40.0 Å². The number of ether oxygens (including phenoxy) is 1. The quantitative estimate of drug-likeness (QED) is 0.746. The molecule has 0 bridgehead atoms. The van der Waals surface area contributed by atoms with Gasteiger partial charge in [-0.25, -0.2) is 13.2 Å². The maximum absolute atomic E-state index is 13.1. The number of methoxy groups -OCH3 is 1. The van der Waals surface area contributed by atoms with E-state index in [1.807, 2.05) is 0 Å². The Kier molecular flexibility index (Phi) is 6.19. The van der Waals surface area contributed by atoms with Crippen LogP contribution in [0.2, 0.25) is 0 Å². The maximum Gasteiger partial charge on any atom is 0.335 e. The summed E-state index contributed by atoms with van der Waals surface area (Å²) in [4.78, 5) is 23.5. The lowest BCUT2D eigenvalue weighted by atomic mass is 10.1. The van der Waals surface area contributed by atoms with Crippen molar-refractivity contribution in [2.45, 2.75) is 24.2 Å². The van der Waals surface area contributed by atoms with Crippen molar-refractivity contribution in [1.82, 2.24) is 4.31 Å². The molecule has 0 aliphatic carbocycles. The second kappa shape index (κ2) is 8.62. The van der Waals surface area contributed by atoms with Gasteiger partial charge in [-0.15, -0.1) is 0 Å². The van der Waals surface area contributed by atoms with E-state index in [1.165, 1.54) is 53.9 Å². The predicted octanol–water partition coefficient (Wildman–Crippen LogP) is 2.82. The Bertz CT molecular complexity index is 1010. The molecule has 1 aliphatic rings. The lowest BCUT2D eigenvalue weighted by Crippen LogP contribution is -2.35. The molecule has 3 rings (SSSR count). The highest BCUT2D eigenvalue weighted by molar-refractivity contribution is 7.89. The second-order valence-electron chi connectivity index (χ2n) is 6.67. The summed E-state index contributed by atoms with van der Waals surface area (Å²) in [6.45, 7) is 0.885. The number of carboxylic acids is 1. The van der Waals surface area contributed by atoms with Crippen molar-refractivity contribution >= 4 is 27.6 Å². The van der Waals surface area contributed by atoms with Crippen molar-refractivity contribution < 1.29 is 27.9 Å². The number of nitrogens with zero attached hydrogens (tertiary/aromatic N) is 1. The number of amides is 1. The summed E-state index contributed by atoms with van der Waals surface area (Å²) in [5.74, 6) is -1.39. The number of nitrogens with one attached hydrogen (secondary N) is 1. The fraction of sp³-hybridized carbons (Fsp3) is 0.300. The van der Waals surface area contributed by atoms with E-state index in [4.69, 9.17) is 9.84 Å². The summed E-state index contributed by atoms with van der Waals surface area (Å²) in [5.41, 5.74) is 0.655. The SMILES string of the molecule is COc1ccc(C(=O)Nc2ccc(C(=O)O)cc2)cc1S(=O)(=O)N1CCCCC1. The first kappa shape index (κ1) is 20.8. The van der Waals surface area contributed by atoms with Crippen LogP contribution in [-0.4, -0.2) is 49.9 Å². The van der Waals surface area contributed by atoms with E-state index in [9.17, 15) is 18.0 Å². The molecule has 0 spiro atoms. The van der Waals surface area contributed by atoms with Gasteiger partial charge < -0.3 is 15.2 Å². The number of hydrogen-bond acceptors (Lipinski definition) is 5. The number of carbonyl (C=O) groups excluding carboxylic acids is 1. The van der Waals surface area contributed by atoms with E-state index in [0.717, 1.165) is 19.3 Å². The molecule has 1 heterocycles. The molecule has 9 heteroatoms. The molecule has 2 aromatic rings. The predicted molar refractivity (Wildman–Crippen MR) is 107 cm³/mol. The lowest BCUT2D eigenvalue weighted by Gasteiger charge is -2.26. The zero-order valence-corrected chi connectivity index (χ0v) is 16.7. The van der Waals surface area contributed by atoms with Crippen LogP contribution in [0.4, 0.5) is 5.69 Å². The number of anilines is 1. The fourth-order valence-corrected chi connectivity index (χ4v) is 4.86. The van der Waals surface area contributed by atoms with Crippen LogP contribution in [0, 0.1) is 0 Å². The fourth-order valence-electron chi connectivity index (χ4n) is 3.16. The van der Waals surface area contributed by atoms with E-state index in [2.05, 4.69) is 5.32 Å². The third-order valence-electron chi connectivity index (χ3n) is 4.75. The van der Waals surface area contributed by atoms with Gasteiger partial charge in [0.2, 0.25) is 10.0 Å². The number of piperidine rings is 1. The molecule has 0 radical (unpaired) electrons. The third kappa shape index (κ3) is 4.57. The first-order valence-electron chi connectivity index (χ1n) is 9.16. The van der Waals surface area contributed by atoms with Gasteiger partial charge >= 0.3 is 5.97 Å². The van der Waals surface area contributed by atoms with Crippen LogP contribution in [-0.2, 0) is 10.0 Å². The number of carboxylic acid groups (broad SMARTS) is 1. The maximum atomic E-state index is 13.1. The topological polar surface area (TPSA) is 113 Å². The molecule has 154 valence electrons. The van der Waals surface area contributed by atoms with Gasteiger partial charge in [-0.3, -0.25) is 4.79 Å². The zero-order chi connectivity index (χ0) is 21.0. The van der Waals surface area contributed by atoms with E-state index in [1.54, 1.807) is 0 Å². The molecular formula is C20H22N2O6S. The van der Waals surface area contributed by atoms with Gasteiger partial charge in [-0.1, -0.05) is 6.42 Å². The van der Waals surface area contributed by atoms with E-state index in [0.29, 0.717) is 18.8 Å². The highest BCUT2D eigenvalue weighted by Gasteiger charge is 2.29. The summed E-state index contributed by atoms with van der Waals surface area (Å²) >= 11 is 0. The minimum Gasteiger partial charge on any atom is -0.495 e. The Morgan fingerprint density at radius 1 is 1.00 bits per heavy atom. The van der Waals surface area contributed by atoms with Crippen LogP contribution < -0.4 is 10.1 Å². The molecule has 2 aromatic carbocycles. The molecule has 2 N–H and O–H groups in total. The smallest absolute Gasteiger partial charge is 0.335 e. The van der Waals surface area contributed by atoms with E-state index >= 15 is 0 Å². The first-order valence-corrected chi connectivity index (χ1v) is 10.6.